The lowest BCUT2D eigenvalue weighted by Gasteiger charge is -2.28. The summed E-state index contributed by atoms with van der Waals surface area (Å²) < 4.78 is 0.757. The number of halogens is 1. The summed E-state index contributed by atoms with van der Waals surface area (Å²) in [4.78, 5) is 12.5. The van der Waals surface area contributed by atoms with Gasteiger partial charge in [0, 0.05) is 10.1 Å². The van der Waals surface area contributed by atoms with E-state index in [9.17, 15) is 20.1 Å². The fourth-order valence-electron chi connectivity index (χ4n) is 1.86. The number of carbonyl (C=O) groups excluding carboxylic acids is 1. The number of rotatable bonds is 5. The average molecular weight is 331 g/mol. The summed E-state index contributed by atoms with van der Waals surface area (Å²) >= 11 is 7.22. The molecule has 0 aliphatic heterocycles. The molecule has 6 nitrogen and oxygen atoms in total. The monoisotopic (exact) mass is 330 g/mol. The van der Waals surface area contributed by atoms with Gasteiger partial charge in [-0.2, -0.15) is 0 Å². The molecule has 21 heavy (non-hydrogen) atoms. The topological polar surface area (TPSA) is 116 Å². The largest absolute Gasteiger partial charge is 0.397 e. The molecule has 0 fully saturated rings. The van der Waals surface area contributed by atoms with E-state index in [2.05, 4.69) is 5.32 Å². The Morgan fingerprint density at radius 1 is 1.29 bits per heavy atom. The molecule has 1 amide bonds. The molecule has 0 saturated heterocycles. The van der Waals surface area contributed by atoms with E-state index in [0.717, 1.165) is 16.0 Å². The van der Waals surface area contributed by atoms with Crippen molar-refractivity contribution in [2.24, 2.45) is 0 Å². The van der Waals surface area contributed by atoms with Gasteiger partial charge in [0.1, 0.15) is 10.4 Å². The predicted octanol–water partition coefficient (Wildman–Crippen LogP) is 0.582. The molecular formula is C13H15ClN2O4S. The van der Waals surface area contributed by atoms with E-state index < -0.39 is 31.3 Å². The highest BCUT2D eigenvalue weighted by molar-refractivity contribution is 7.21. The zero-order chi connectivity index (χ0) is 15.6. The van der Waals surface area contributed by atoms with Gasteiger partial charge in [-0.05, 0) is 12.1 Å². The first kappa shape index (κ1) is 16.0. The predicted molar refractivity (Wildman–Crippen MR) is 82.7 cm³/mol. The average Bonchev–Trinajstić information content (AvgIpc) is 2.83. The van der Waals surface area contributed by atoms with Crippen LogP contribution in [0.25, 0.3) is 10.1 Å². The van der Waals surface area contributed by atoms with Gasteiger partial charge in [0.2, 0.25) is 0 Å². The number of fused-ring (bicyclic) bond motifs is 1. The number of hydrogen-bond donors (Lipinski definition) is 5. The number of carbonyl (C=O) groups is 1. The maximum Gasteiger partial charge on any atom is 0.264 e. The van der Waals surface area contributed by atoms with Crippen LogP contribution in [0.3, 0.4) is 0 Å². The van der Waals surface area contributed by atoms with Crippen molar-refractivity contribution >= 4 is 44.6 Å². The van der Waals surface area contributed by atoms with Crippen LogP contribution in [0.2, 0.25) is 5.02 Å². The summed E-state index contributed by atoms with van der Waals surface area (Å²) in [6.45, 7) is -1.80. The molecule has 0 unspecified atom stereocenters. The van der Waals surface area contributed by atoms with Crippen molar-refractivity contribution in [3.05, 3.63) is 28.1 Å². The van der Waals surface area contributed by atoms with Crippen LogP contribution in [0, 0.1) is 0 Å². The first-order chi connectivity index (χ1) is 9.98. The molecule has 0 atom stereocenters. The number of benzene rings is 1. The first-order valence-electron chi connectivity index (χ1n) is 6.09. The number of thiophene rings is 1. The molecule has 1 aromatic carbocycles. The van der Waals surface area contributed by atoms with Crippen LogP contribution >= 0.6 is 22.9 Å². The minimum absolute atomic E-state index is 0.220. The van der Waals surface area contributed by atoms with Gasteiger partial charge >= 0.3 is 0 Å². The van der Waals surface area contributed by atoms with Gasteiger partial charge in [-0.1, -0.05) is 17.7 Å². The second-order valence-electron chi connectivity index (χ2n) is 4.67. The lowest BCUT2D eigenvalue weighted by molar-refractivity contribution is 0.0377. The summed E-state index contributed by atoms with van der Waals surface area (Å²) in [7, 11) is 0. The third-order valence-electron chi connectivity index (χ3n) is 3.19. The SMILES string of the molecule is Nc1c(C(=O)NC(CO)(CO)CO)sc2cccc(Cl)c12. The summed E-state index contributed by atoms with van der Waals surface area (Å²) in [5.41, 5.74) is 4.70. The van der Waals surface area contributed by atoms with Crippen LogP contribution in [-0.4, -0.2) is 46.6 Å². The highest BCUT2D eigenvalue weighted by Crippen LogP contribution is 2.38. The van der Waals surface area contributed by atoms with Crippen LogP contribution in [0.4, 0.5) is 5.69 Å². The van der Waals surface area contributed by atoms with Crippen molar-refractivity contribution in [2.45, 2.75) is 5.54 Å². The Kier molecular flexibility index (Phi) is 4.70. The van der Waals surface area contributed by atoms with Gasteiger partial charge in [-0.15, -0.1) is 11.3 Å². The number of nitrogens with one attached hydrogen (secondary N) is 1. The summed E-state index contributed by atoms with van der Waals surface area (Å²) in [5.74, 6) is -0.582. The van der Waals surface area contributed by atoms with Gasteiger partial charge < -0.3 is 26.4 Å². The van der Waals surface area contributed by atoms with E-state index >= 15 is 0 Å². The maximum atomic E-state index is 12.3. The summed E-state index contributed by atoms with van der Waals surface area (Å²) in [5, 5.41) is 31.2. The van der Waals surface area contributed by atoms with Crippen LogP contribution in [0.5, 0.6) is 0 Å². The van der Waals surface area contributed by atoms with Crippen LogP contribution < -0.4 is 11.1 Å². The molecule has 0 bridgehead atoms. The number of amides is 1. The number of hydrogen-bond acceptors (Lipinski definition) is 6. The highest BCUT2D eigenvalue weighted by Gasteiger charge is 2.31. The molecule has 2 aromatic rings. The Bertz CT molecular complexity index is 661. The maximum absolute atomic E-state index is 12.3. The molecule has 1 heterocycles. The second-order valence-corrected chi connectivity index (χ2v) is 6.13. The zero-order valence-electron chi connectivity index (χ0n) is 11.0. The molecular weight excluding hydrogens is 316 g/mol. The van der Waals surface area contributed by atoms with E-state index in [1.54, 1.807) is 18.2 Å². The smallest absolute Gasteiger partial charge is 0.264 e. The molecule has 114 valence electrons. The van der Waals surface area contributed by atoms with E-state index in [1.807, 2.05) is 0 Å². The molecule has 0 radical (unpaired) electrons. The molecule has 0 aliphatic carbocycles. The van der Waals surface area contributed by atoms with E-state index in [0.29, 0.717) is 10.4 Å². The van der Waals surface area contributed by atoms with Crippen molar-refractivity contribution in [2.75, 3.05) is 25.6 Å². The van der Waals surface area contributed by atoms with Gasteiger partial charge in [0.15, 0.2) is 0 Å². The van der Waals surface area contributed by atoms with Crippen molar-refractivity contribution in [3.63, 3.8) is 0 Å². The lowest BCUT2D eigenvalue weighted by Crippen LogP contribution is -2.56. The minimum Gasteiger partial charge on any atom is -0.397 e. The standard InChI is InChI=1S/C13H15ClN2O4S/c14-7-2-1-3-8-9(7)10(15)11(21-8)12(20)16-13(4-17,5-18)6-19/h1-3,17-19H,4-6,15H2,(H,16,20). The number of nitrogen functional groups attached to an aromatic ring is 1. The zero-order valence-corrected chi connectivity index (χ0v) is 12.5. The second kappa shape index (κ2) is 6.17. The molecule has 8 heteroatoms. The Labute approximate surface area is 129 Å². The van der Waals surface area contributed by atoms with Gasteiger partial charge in [-0.3, -0.25) is 4.79 Å². The van der Waals surface area contributed by atoms with Crippen LogP contribution in [-0.2, 0) is 0 Å². The number of aliphatic hydroxyl groups is 3. The Morgan fingerprint density at radius 2 is 1.90 bits per heavy atom. The molecule has 1 aromatic heterocycles. The number of nitrogens with two attached hydrogens (primary N) is 1. The Hall–Kier alpha value is -1.38. The molecule has 6 N–H and O–H groups in total. The van der Waals surface area contributed by atoms with Crippen molar-refractivity contribution in [1.82, 2.24) is 5.32 Å². The quantitative estimate of drug-likeness (QED) is 0.550. The van der Waals surface area contributed by atoms with E-state index in [1.165, 1.54) is 0 Å². The van der Waals surface area contributed by atoms with E-state index in [4.69, 9.17) is 17.3 Å². The van der Waals surface area contributed by atoms with Crippen molar-refractivity contribution < 1.29 is 20.1 Å². The Balaban J connectivity index is 2.41. The van der Waals surface area contributed by atoms with Crippen LogP contribution in [0.15, 0.2) is 18.2 Å². The molecule has 0 aliphatic rings. The molecule has 0 saturated carbocycles. The van der Waals surface area contributed by atoms with E-state index in [-0.39, 0.29) is 10.6 Å². The van der Waals surface area contributed by atoms with Gasteiger partial charge in [0.25, 0.3) is 5.91 Å². The highest BCUT2D eigenvalue weighted by atomic mass is 35.5. The Morgan fingerprint density at radius 3 is 2.43 bits per heavy atom. The third kappa shape index (κ3) is 2.83. The number of anilines is 1. The number of aliphatic hydroxyl groups excluding tert-OH is 3. The summed E-state index contributed by atoms with van der Waals surface area (Å²) in [6, 6.07) is 5.21. The van der Waals surface area contributed by atoms with Crippen molar-refractivity contribution in [3.8, 4) is 0 Å². The van der Waals surface area contributed by atoms with Gasteiger partial charge in [0.05, 0.1) is 30.5 Å². The van der Waals surface area contributed by atoms with Gasteiger partial charge in [-0.25, -0.2) is 0 Å². The normalized spacial score (nSPS) is 11.8. The third-order valence-corrected chi connectivity index (χ3v) is 4.68. The molecule has 2 rings (SSSR count). The van der Waals surface area contributed by atoms with Crippen molar-refractivity contribution in [1.29, 1.82) is 0 Å². The van der Waals surface area contributed by atoms with Crippen LogP contribution in [0.1, 0.15) is 9.67 Å². The fourth-order valence-corrected chi connectivity index (χ4v) is 3.24. The lowest BCUT2D eigenvalue weighted by atomic mass is 10.0. The fraction of sp³-hybridized carbons (Fsp3) is 0.308. The summed E-state index contributed by atoms with van der Waals surface area (Å²) in [6.07, 6.45) is 0. The minimum atomic E-state index is -1.50. The first-order valence-corrected chi connectivity index (χ1v) is 7.29. The molecule has 0 spiro atoms.